The van der Waals surface area contributed by atoms with Crippen molar-refractivity contribution in [2.24, 2.45) is 0 Å². The molecule has 0 aliphatic carbocycles. The first-order valence-corrected chi connectivity index (χ1v) is 7.55. The summed E-state index contributed by atoms with van der Waals surface area (Å²) in [6.45, 7) is 1.42. The number of nitrogens with one attached hydrogen (secondary N) is 1. The van der Waals surface area contributed by atoms with Crippen LogP contribution in [0.2, 0.25) is 0 Å². The molecule has 1 aromatic heterocycles. The van der Waals surface area contributed by atoms with Crippen LogP contribution in [0.25, 0.3) is 0 Å². The van der Waals surface area contributed by atoms with Gasteiger partial charge < -0.3 is 10.2 Å². The summed E-state index contributed by atoms with van der Waals surface area (Å²) in [6, 6.07) is 11.8. The number of fused-ring (bicyclic) bond motifs is 1. The third-order valence-corrected chi connectivity index (χ3v) is 3.84. The fourth-order valence-corrected chi connectivity index (χ4v) is 2.74. The average Bonchev–Trinajstić information content (AvgIpc) is 2.47. The van der Waals surface area contributed by atoms with Crippen LogP contribution in [0.1, 0.15) is 5.56 Å². The zero-order chi connectivity index (χ0) is 13.9. The highest BCUT2D eigenvalue weighted by Crippen LogP contribution is 2.28. The van der Waals surface area contributed by atoms with E-state index in [1.807, 2.05) is 41.3 Å². The van der Waals surface area contributed by atoms with Crippen LogP contribution in [0.4, 0.5) is 11.5 Å². The van der Waals surface area contributed by atoms with Crippen molar-refractivity contribution in [2.75, 3.05) is 23.3 Å². The molecule has 0 fully saturated rings. The van der Waals surface area contributed by atoms with Gasteiger partial charge in [0.1, 0.15) is 5.82 Å². The zero-order valence-electron chi connectivity index (χ0n) is 10.8. The van der Waals surface area contributed by atoms with E-state index >= 15 is 0 Å². The lowest BCUT2D eigenvalue weighted by Gasteiger charge is -2.29. The minimum absolute atomic E-state index is 0.114. The summed E-state index contributed by atoms with van der Waals surface area (Å²) in [6.07, 6.45) is 2.23. The molecular formula is C15H14IN3O. The molecule has 1 aromatic carbocycles. The second-order valence-electron chi connectivity index (χ2n) is 4.66. The van der Waals surface area contributed by atoms with E-state index in [1.54, 1.807) is 6.20 Å². The van der Waals surface area contributed by atoms with E-state index in [-0.39, 0.29) is 5.91 Å². The molecule has 102 valence electrons. The van der Waals surface area contributed by atoms with Gasteiger partial charge in [-0.2, -0.15) is 0 Å². The first kappa shape index (κ1) is 13.4. The molecule has 0 saturated heterocycles. The molecule has 0 radical (unpaired) electrons. The maximum atomic E-state index is 12.5. The molecule has 4 nitrogen and oxygen atoms in total. The maximum Gasteiger partial charge on any atom is 0.231 e. The second-order valence-corrected chi connectivity index (χ2v) is 5.90. The van der Waals surface area contributed by atoms with Crippen molar-refractivity contribution in [3.05, 3.63) is 51.7 Å². The number of benzene rings is 1. The second kappa shape index (κ2) is 5.78. The Morgan fingerprint density at radius 3 is 2.95 bits per heavy atom. The van der Waals surface area contributed by atoms with Gasteiger partial charge in [-0.25, -0.2) is 4.98 Å². The fraction of sp³-hybridized carbons (Fsp3) is 0.200. The first-order valence-electron chi connectivity index (χ1n) is 6.48. The van der Waals surface area contributed by atoms with Crippen molar-refractivity contribution < 1.29 is 4.79 Å². The summed E-state index contributed by atoms with van der Waals surface area (Å²) >= 11 is 2.21. The molecular weight excluding hydrogens is 365 g/mol. The third kappa shape index (κ3) is 2.77. The molecule has 5 heteroatoms. The summed E-state index contributed by atoms with van der Waals surface area (Å²) in [4.78, 5) is 18.7. The van der Waals surface area contributed by atoms with Gasteiger partial charge in [-0.15, -0.1) is 0 Å². The minimum Gasteiger partial charge on any atom is -0.367 e. The van der Waals surface area contributed by atoms with Gasteiger partial charge in [0, 0.05) is 22.9 Å². The largest absolute Gasteiger partial charge is 0.367 e. The van der Waals surface area contributed by atoms with Crippen LogP contribution >= 0.6 is 22.6 Å². The van der Waals surface area contributed by atoms with Gasteiger partial charge in [0.25, 0.3) is 0 Å². The van der Waals surface area contributed by atoms with Gasteiger partial charge >= 0.3 is 0 Å². The molecule has 1 N–H and O–H groups in total. The van der Waals surface area contributed by atoms with Gasteiger partial charge in [0.2, 0.25) is 5.91 Å². The Balaban J connectivity index is 1.85. The van der Waals surface area contributed by atoms with E-state index in [1.165, 1.54) is 0 Å². The number of hydrogen-bond donors (Lipinski definition) is 1. The lowest BCUT2D eigenvalue weighted by Crippen LogP contribution is -2.40. The molecule has 1 aliphatic rings. The standard InChI is InChI=1S/C15H14IN3O/c16-12-9-13-15(18-10-12)17-6-7-19(13)14(20)8-11-4-2-1-3-5-11/h1-5,9-10H,6-8H2,(H,17,18). The van der Waals surface area contributed by atoms with Gasteiger partial charge in [0.05, 0.1) is 12.1 Å². The quantitative estimate of drug-likeness (QED) is 0.817. The summed E-state index contributed by atoms with van der Waals surface area (Å²) in [5.74, 6) is 0.904. The Kier molecular flexibility index (Phi) is 3.86. The molecule has 0 unspecified atom stereocenters. The smallest absolute Gasteiger partial charge is 0.231 e. The van der Waals surface area contributed by atoms with E-state index in [9.17, 15) is 4.79 Å². The molecule has 1 amide bonds. The molecule has 0 bridgehead atoms. The van der Waals surface area contributed by atoms with Gasteiger partial charge in [-0.3, -0.25) is 4.79 Å². The molecule has 2 aromatic rings. The molecule has 0 atom stereocenters. The van der Waals surface area contributed by atoms with E-state index < -0.39 is 0 Å². The van der Waals surface area contributed by atoms with Crippen molar-refractivity contribution in [1.29, 1.82) is 0 Å². The number of anilines is 2. The Labute approximate surface area is 131 Å². The van der Waals surface area contributed by atoms with Crippen LogP contribution in [0.5, 0.6) is 0 Å². The van der Waals surface area contributed by atoms with Crippen LogP contribution in [0.3, 0.4) is 0 Å². The lowest BCUT2D eigenvalue weighted by atomic mass is 10.1. The molecule has 20 heavy (non-hydrogen) atoms. The minimum atomic E-state index is 0.114. The Morgan fingerprint density at radius 2 is 2.15 bits per heavy atom. The van der Waals surface area contributed by atoms with E-state index in [2.05, 4.69) is 32.9 Å². The number of carbonyl (C=O) groups is 1. The number of hydrogen-bond acceptors (Lipinski definition) is 3. The van der Waals surface area contributed by atoms with Crippen molar-refractivity contribution in [3.63, 3.8) is 0 Å². The summed E-state index contributed by atoms with van der Waals surface area (Å²) < 4.78 is 1.03. The van der Waals surface area contributed by atoms with Crippen LogP contribution in [0.15, 0.2) is 42.6 Å². The van der Waals surface area contributed by atoms with Crippen LogP contribution in [-0.2, 0) is 11.2 Å². The monoisotopic (exact) mass is 379 g/mol. The SMILES string of the molecule is O=C(Cc1ccccc1)N1CCNc2ncc(I)cc21. The Morgan fingerprint density at radius 1 is 1.35 bits per heavy atom. The zero-order valence-corrected chi connectivity index (χ0v) is 13.0. The van der Waals surface area contributed by atoms with E-state index in [0.717, 1.165) is 27.2 Å². The number of rotatable bonds is 2. The summed E-state index contributed by atoms with van der Waals surface area (Å²) in [7, 11) is 0. The molecule has 3 rings (SSSR count). The molecule has 2 heterocycles. The van der Waals surface area contributed by atoms with Crippen LogP contribution < -0.4 is 10.2 Å². The number of nitrogens with zero attached hydrogens (tertiary/aromatic N) is 2. The van der Waals surface area contributed by atoms with Crippen molar-refractivity contribution in [1.82, 2.24) is 4.98 Å². The molecule has 0 saturated carbocycles. The lowest BCUT2D eigenvalue weighted by molar-refractivity contribution is -0.118. The average molecular weight is 379 g/mol. The highest BCUT2D eigenvalue weighted by molar-refractivity contribution is 14.1. The summed E-state index contributed by atoms with van der Waals surface area (Å²) in [5, 5.41) is 3.23. The van der Waals surface area contributed by atoms with E-state index in [0.29, 0.717) is 13.0 Å². The van der Waals surface area contributed by atoms with E-state index in [4.69, 9.17) is 0 Å². The van der Waals surface area contributed by atoms with Crippen LogP contribution in [0, 0.1) is 3.57 Å². The fourth-order valence-electron chi connectivity index (χ4n) is 2.30. The number of aromatic nitrogens is 1. The van der Waals surface area contributed by atoms with Crippen LogP contribution in [-0.4, -0.2) is 24.0 Å². The predicted molar refractivity (Wildman–Crippen MR) is 87.9 cm³/mol. The molecule has 1 aliphatic heterocycles. The number of amides is 1. The Hall–Kier alpha value is -1.63. The third-order valence-electron chi connectivity index (χ3n) is 3.25. The normalized spacial score (nSPS) is 13.6. The van der Waals surface area contributed by atoms with Gasteiger partial charge in [-0.05, 0) is 34.2 Å². The Bertz CT molecular complexity index is 630. The molecule has 0 spiro atoms. The van der Waals surface area contributed by atoms with Gasteiger partial charge in [0.15, 0.2) is 0 Å². The highest BCUT2D eigenvalue weighted by Gasteiger charge is 2.23. The first-order chi connectivity index (χ1) is 9.74. The van der Waals surface area contributed by atoms with Crippen molar-refractivity contribution in [2.45, 2.75) is 6.42 Å². The topological polar surface area (TPSA) is 45.2 Å². The highest BCUT2D eigenvalue weighted by atomic mass is 127. The summed E-state index contributed by atoms with van der Waals surface area (Å²) in [5.41, 5.74) is 1.92. The number of halogens is 1. The predicted octanol–water partition coefficient (Wildman–Crippen LogP) is 2.69. The number of pyridine rings is 1. The van der Waals surface area contributed by atoms with Crippen molar-refractivity contribution >= 4 is 40.0 Å². The number of carbonyl (C=O) groups excluding carboxylic acids is 1. The van der Waals surface area contributed by atoms with Gasteiger partial charge in [-0.1, -0.05) is 30.3 Å². The van der Waals surface area contributed by atoms with Crippen molar-refractivity contribution in [3.8, 4) is 0 Å². The maximum absolute atomic E-state index is 12.5.